The zero-order valence-electron chi connectivity index (χ0n) is 10.9. The van der Waals surface area contributed by atoms with Crippen molar-refractivity contribution in [3.63, 3.8) is 0 Å². The number of benzene rings is 1. The average Bonchev–Trinajstić information content (AvgIpc) is 3.05. The fraction of sp³-hybridized carbons (Fsp3) is 0.462. The summed E-state index contributed by atoms with van der Waals surface area (Å²) in [5, 5.41) is -0.887. The van der Waals surface area contributed by atoms with Gasteiger partial charge in [-0.1, -0.05) is 17.7 Å². The van der Waals surface area contributed by atoms with Gasteiger partial charge in [0.2, 0.25) is 0 Å². The van der Waals surface area contributed by atoms with Gasteiger partial charge in [-0.25, -0.2) is 8.42 Å². The minimum Gasteiger partial charge on any atom is -0.465 e. The van der Waals surface area contributed by atoms with E-state index < -0.39 is 26.6 Å². The molecule has 0 amide bonds. The van der Waals surface area contributed by atoms with Gasteiger partial charge in [0.25, 0.3) is 0 Å². The van der Waals surface area contributed by atoms with Crippen LogP contribution in [0.1, 0.15) is 18.9 Å². The molecule has 0 bridgehead atoms. The molecule has 0 radical (unpaired) electrons. The molecule has 1 aromatic carbocycles. The van der Waals surface area contributed by atoms with Crippen LogP contribution >= 0.6 is 0 Å². The maximum Gasteiger partial charge on any atom is 0.327 e. The molecule has 1 saturated carbocycles. The number of carbonyl (C=O) groups is 1. The number of esters is 1. The highest BCUT2D eigenvalue weighted by Gasteiger charge is 2.65. The van der Waals surface area contributed by atoms with E-state index >= 15 is 0 Å². The second-order valence-electron chi connectivity index (χ2n) is 4.81. The van der Waals surface area contributed by atoms with Gasteiger partial charge in [0.15, 0.2) is 9.84 Å². The first-order valence-electron chi connectivity index (χ1n) is 6.09. The Balaban J connectivity index is 2.24. The Kier molecular flexibility index (Phi) is 3.40. The molecule has 6 heteroatoms. The summed E-state index contributed by atoms with van der Waals surface area (Å²) in [5.41, 5.74) is 5.40. The van der Waals surface area contributed by atoms with Crippen molar-refractivity contribution in [2.75, 3.05) is 6.61 Å². The molecule has 19 heavy (non-hydrogen) atoms. The number of hydrogen-bond acceptors (Lipinski definition) is 5. The van der Waals surface area contributed by atoms with Gasteiger partial charge in [-0.15, -0.1) is 0 Å². The van der Waals surface area contributed by atoms with Gasteiger partial charge in [-0.2, -0.15) is 0 Å². The molecule has 0 heterocycles. The molecule has 0 aromatic heterocycles. The Hall–Kier alpha value is -1.40. The van der Waals surface area contributed by atoms with Crippen LogP contribution in [0.25, 0.3) is 0 Å². The summed E-state index contributed by atoms with van der Waals surface area (Å²) in [7, 11) is -3.58. The van der Waals surface area contributed by atoms with Crippen LogP contribution in [0.4, 0.5) is 0 Å². The van der Waals surface area contributed by atoms with Gasteiger partial charge in [-0.3, -0.25) is 4.79 Å². The van der Waals surface area contributed by atoms with Gasteiger partial charge in [0, 0.05) is 0 Å². The van der Waals surface area contributed by atoms with Crippen LogP contribution in [0.15, 0.2) is 29.2 Å². The van der Waals surface area contributed by atoms with E-state index in [1.165, 1.54) is 12.1 Å². The lowest BCUT2D eigenvalue weighted by molar-refractivity contribution is -0.145. The molecule has 0 unspecified atom stereocenters. The number of nitrogens with two attached hydrogens (primary N) is 1. The minimum atomic E-state index is -3.58. The van der Waals surface area contributed by atoms with Crippen LogP contribution in [-0.4, -0.2) is 31.8 Å². The van der Waals surface area contributed by atoms with Gasteiger partial charge in [0.1, 0.15) is 5.54 Å². The Labute approximate surface area is 112 Å². The zero-order chi connectivity index (χ0) is 14.3. The van der Waals surface area contributed by atoms with Crippen LogP contribution in [0.2, 0.25) is 0 Å². The molecule has 2 atom stereocenters. The number of ether oxygens (including phenoxy) is 1. The summed E-state index contributed by atoms with van der Waals surface area (Å²) in [6, 6.07) is 6.51. The Morgan fingerprint density at radius 1 is 1.42 bits per heavy atom. The smallest absolute Gasteiger partial charge is 0.327 e. The lowest BCUT2D eigenvalue weighted by Gasteiger charge is -2.11. The van der Waals surface area contributed by atoms with Crippen LogP contribution < -0.4 is 5.73 Å². The van der Waals surface area contributed by atoms with Gasteiger partial charge in [-0.05, 0) is 32.4 Å². The molecule has 1 aliphatic rings. The molecular formula is C13H17NO4S. The van der Waals surface area contributed by atoms with Crippen LogP contribution in [-0.2, 0) is 19.4 Å². The van der Waals surface area contributed by atoms with Crippen molar-refractivity contribution in [2.45, 2.75) is 36.0 Å². The fourth-order valence-electron chi connectivity index (χ4n) is 2.01. The van der Waals surface area contributed by atoms with E-state index in [-0.39, 0.29) is 17.9 Å². The predicted molar refractivity (Wildman–Crippen MR) is 70.3 cm³/mol. The summed E-state index contributed by atoms with van der Waals surface area (Å²) in [6.07, 6.45) is 0.113. The molecule has 1 aliphatic carbocycles. The monoisotopic (exact) mass is 283 g/mol. The summed E-state index contributed by atoms with van der Waals surface area (Å²) >= 11 is 0. The Morgan fingerprint density at radius 3 is 2.53 bits per heavy atom. The summed E-state index contributed by atoms with van der Waals surface area (Å²) in [6.45, 7) is 3.72. The van der Waals surface area contributed by atoms with E-state index in [0.29, 0.717) is 0 Å². The lowest BCUT2D eigenvalue weighted by atomic mass is 10.2. The number of aryl methyl sites for hydroxylation is 1. The van der Waals surface area contributed by atoms with Crippen molar-refractivity contribution in [3.05, 3.63) is 29.8 Å². The third-order valence-electron chi connectivity index (χ3n) is 3.32. The largest absolute Gasteiger partial charge is 0.465 e. The molecule has 0 aliphatic heterocycles. The normalized spacial score (nSPS) is 25.9. The molecular weight excluding hydrogens is 266 g/mol. The van der Waals surface area contributed by atoms with E-state index in [9.17, 15) is 13.2 Å². The van der Waals surface area contributed by atoms with Crippen molar-refractivity contribution in [2.24, 2.45) is 5.73 Å². The van der Waals surface area contributed by atoms with E-state index in [0.717, 1.165) is 5.56 Å². The maximum atomic E-state index is 12.3. The number of carbonyl (C=O) groups excluding carboxylic acids is 1. The van der Waals surface area contributed by atoms with Crippen molar-refractivity contribution in [3.8, 4) is 0 Å². The van der Waals surface area contributed by atoms with Crippen molar-refractivity contribution < 1.29 is 17.9 Å². The van der Waals surface area contributed by atoms with Gasteiger partial charge < -0.3 is 10.5 Å². The van der Waals surface area contributed by atoms with Crippen LogP contribution in [0, 0.1) is 6.92 Å². The van der Waals surface area contributed by atoms with Crippen molar-refractivity contribution in [1.82, 2.24) is 0 Å². The number of hydrogen-bond donors (Lipinski definition) is 1. The highest BCUT2D eigenvalue weighted by Crippen LogP contribution is 2.43. The topological polar surface area (TPSA) is 86.5 Å². The van der Waals surface area contributed by atoms with Crippen molar-refractivity contribution in [1.29, 1.82) is 0 Å². The molecule has 1 fully saturated rings. The Bertz CT molecular complexity index is 594. The minimum absolute atomic E-state index is 0.113. The summed E-state index contributed by atoms with van der Waals surface area (Å²) in [5.74, 6) is -0.643. The van der Waals surface area contributed by atoms with E-state index in [1.54, 1.807) is 19.1 Å². The molecule has 104 valence electrons. The fourth-order valence-corrected chi connectivity index (χ4v) is 4.00. The molecule has 1 aromatic rings. The highest BCUT2D eigenvalue weighted by atomic mass is 32.2. The van der Waals surface area contributed by atoms with Gasteiger partial charge in [0.05, 0.1) is 16.8 Å². The molecule has 2 rings (SSSR count). The first-order chi connectivity index (χ1) is 8.82. The van der Waals surface area contributed by atoms with E-state index in [4.69, 9.17) is 10.5 Å². The maximum absolute atomic E-state index is 12.3. The molecule has 0 spiro atoms. The van der Waals surface area contributed by atoms with Crippen LogP contribution in [0.3, 0.4) is 0 Å². The number of sulfone groups is 1. The first kappa shape index (κ1) is 14.0. The average molecular weight is 283 g/mol. The SMILES string of the molecule is CCOC(=O)[C@@]1(N)C[C@@H]1S(=O)(=O)c1ccc(C)cc1. The Morgan fingerprint density at radius 2 is 2.00 bits per heavy atom. The quantitative estimate of drug-likeness (QED) is 0.826. The molecule has 2 N–H and O–H groups in total. The second kappa shape index (κ2) is 4.61. The number of rotatable bonds is 4. The van der Waals surface area contributed by atoms with E-state index in [2.05, 4.69) is 0 Å². The standard InChI is InChI=1S/C13H17NO4S/c1-3-18-12(15)13(14)8-11(13)19(16,17)10-6-4-9(2)5-7-10/h4-7,11H,3,8,14H2,1-2H3/t11-,13+/m0/s1. The highest BCUT2D eigenvalue weighted by molar-refractivity contribution is 7.92. The van der Waals surface area contributed by atoms with E-state index in [1.807, 2.05) is 6.92 Å². The zero-order valence-corrected chi connectivity index (χ0v) is 11.7. The third-order valence-corrected chi connectivity index (χ3v) is 5.58. The van der Waals surface area contributed by atoms with Gasteiger partial charge >= 0.3 is 5.97 Å². The third kappa shape index (κ3) is 2.37. The predicted octanol–water partition coefficient (Wildman–Crippen LogP) is 0.802. The molecule has 5 nitrogen and oxygen atoms in total. The van der Waals surface area contributed by atoms with Crippen molar-refractivity contribution >= 4 is 15.8 Å². The first-order valence-corrected chi connectivity index (χ1v) is 7.63. The molecule has 0 saturated heterocycles. The second-order valence-corrected chi connectivity index (χ2v) is 6.94. The van der Waals surface area contributed by atoms with Crippen LogP contribution in [0.5, 0.6) is 0 Å². The summed E-state index contributed by atoms with van der Waals surface area (Å²) in [4.78, 5) is 11.9. The lowest BCUT2D eigenvalue weighted by Crippen LogP contribution is -2.40. The summed E-state index contributed by atoms with van der Waals surface area (Å²) < 4.78 is 29.5.